The fourth-order valence-corrected chi connectivity index (χ4v) is 2.84. The van der Waals surface area contributed by atoms with Crippen LogP contribution in [0.25, 0.3) is 0 Å². The predicted octanol–water partition coefficient (Wildman–Crippen LogP) is 2.76. The number of rotatable bonds is 4. The minimum Gasteiger partial charge on any atom is -0.358 e. The van der Waals surface area contributed by atoms with E-state index in [0.29, 0.717) is 0 Å². The lowest BCUT2D eigenvalue weighted by Crippen LogP contribution is -2.26. The Morgan fingerprint density at radius 2 is 2.17 bits per heavy atom. The second-order valence-corrected chi connectivity index (χ2v) is 5.27. The van der Waals surface area contributed by atoms with Crippen molar-refractivity contribution < 1.29 is 4.79 Å². The van der Waals surface area contributed by atoms with Gasteiger partial charge in [-0.2, -0.15) is 0 Å². The van der Waals surface area contributed by atoms with E-state index < -0.39 is 0 Å². The molecule has 0 bridgehead atoms. The summed E-state index contributed by atoms with van der Waals surface area (Å²) in [6, 6.07) is 1.77. The van der Waals surface area contributed by atoms with Gasteiger partial charge in [0.2, 0.25) is 5.91 Å². The third kappa shape index (κ3) is 4.27. The van der Waals surface area contributed by atoms with Crippen molar-refractivity contribution in [2.75, 3.05) is 18.4 Å². The third-order valence-electron chi connectivity index (χ3n) is 2.31. The van der Waals surface area contributed by atoms with Gasteiger partial charge in [0.15, 0.2) is 0 Å². The first-order valence-corrected chi connectivity index (χ1v) is 6.99. The molecule has 0 atom stereocenters. The quantitative estimate of drug-likeness (QED) is 0.680. The number of aromatic nitrogens is 1. The van der Waals surface area contributed by atoms with Gasteiger partial charge in [-0.05, 0) is 19.9 Å². The summed E-state index contributed by atoms with van der Waals surface area (Å²) in [7, 11) is 0. The van der Waals surface area contributed by atoms with Crippen molar-refractivity contribution in [3.63, 3.8) is 0 Å². The van der Waals surface area contributed by atoms with E-state index in [9.17, 15) is 4.79 Å². The number of carbonyl (C=O) groups excluding carboxylic acids is 1. The zero-order chi connectivity index (χ0) is 13.5. The highest BCUT2D eigenvalue weighted by molar-refractivity contribution is 8.23. The number of carbonyl (C=O) groups is 1. The van der Waals surface area contributed by atoms with Crippen LogP contribution in [0.15, 0.2) is 23.4 Å². The van der Waals surface area contributed by atoms with Gasteiger partial charge in [-0.1, -0.05) is 24.0 Å². The summed E-state index contributed by atoms with van der Waals surface area (Å²) in [5.41, 5.74) is 0.747. The Balaban J connectivity index is 2.83. The summed E-state index contributed by atoms with van der Waals surface area (Å²) in [6.07, 6.45) is 3.36. The fourth-order valence-electron chi connectivity index (χ4n) is 1.39. The molecule has 0 aliphatic heterocycles. The van der Waals surface area contributed by atoms with Crippen LogP contribution < -0.4 is 5.32 Å². The summed E-state index contributed by atoms with van der Waals surface area (Å²) < 4.78 is 0.791. The molecule has 0 spiro atoms. The number of anilines is 1. The van der Waals surface area contributed by atoms with E-state index in [-0.39, 0.29) is 5.91 Å². The molecular formula is C12H17N3OS2. The van der Waals surface area contributed by atoms with Crippen LogP contribution in [0.5, 0.6) is 0 Å². The van der Waals surface area contributed by atoms with Gasteiger partial charge in [0.1, 0.15) is 4.32 Å². The van der Waals surface area contributed by atoms with Gasteiger partial charge in [-0.15, -0.1) is 0 Å². The van der Waals surface area contributed by atoms with Crippen LogP contribution in [0.1, 0.15) is 20.8 Å². The van der Waals surface area contributed by atoms with Crippen LogP contribution in [0.4, 0.5) is 5.69 Å². The highest BCUT2D eigenvalue weighted by Crippen LogP contribution is 2.28. The molecule has 0 fully saturated rings. The largest absolute Gasteiger partial charge is 0.358 e. The first-order valence-electron chi connectivity index (χ1n) is 5.76. The van der Waals surface area contributed by atoms with Gasteiger partial charge in [0.25, 0.3) is 0 Å². The monoisotopic (exact) mass is 283 g/mol. The molecular weight excluding hydrogens is 266 g/mol. The standard InChI is InChI=1S/C12H17N3OS2/c1-4-15(5-2)12(17)18-11-8-13-7-6-10(11)14-9(3)16/h6-8H,4-5H2,1-3H3,(H,13,14,16). The number of thioether (sulfide) groups is 1. The van der Waals surface area contributed by atoms with Crippen LogP contribution in [0.2, 0.25) is 0 Å². The predicted molar refractivity (Wildman–Crippen MR) is 79.9 cm³/mol. The maximum atomic E-state index is 11.1. The van der Waals surface area contributed by atoms with Crippen molar-refractivity contribution in [3.8, 4) is 0 Å². The van der Waals surface area contributed by atoms with Crippen LogP contribution in [0, 0.1) is 0 Å². The first-order chi connectivity index (χ1) is 8.58. The molecule has 98 valence electrons. The van der Waals surface area contributed by atoms with Gasteiger partial charge in [0.05, 0.1) is 10.6 Å². The Morgan fingerprint density at radius 3 is 2.72 bits per heavy atom. The van der Waals surface area contributed by atoms with Crippen LogP contribution >= 0.6 is 24.0 Å². The Bertz CT molecular complexity index is 433. The van der Waals surface area contributed by atoms with Crippen LogP contribution in [-0.2, 0) is 4.79 Å². The molecule has 0 radical (unpaired) electrons. The number of pyridine rings is 1. The topological polar surface area (TPSA) is 45.2 Å². The van der Waals surface area contributed by atoms with Crippen molar-refractivity contribution in [2.45, 2.75) is 25.7 Å². The molecule has 0 saturated heterocycles. The molecule has 4 nitrogen and oxygen atoms in total. The van der Waals surface area contributed by atoms with Crippen molar-refractivity contribution in [1.29, 1.82) is 0 Å². The van der Waals surface area contributed by atoms with Crippen LogP contribution in [-0.4, -0.2) is 33.2 Å². The smallest absolute Gasteiger partial charge is 0.221 e. The van der Waals surface area contributed by atoms with E-state index >= 15 is 0 Å². The van der Waals surface area contributed by atoms with Crippen molar-refractivity contribution in [3.05, 3.63) is 18.5 Å². The molecule has 0 aliphatic rings. The molecule has 1 aromatic rings. The second-order valence-electron chi connectivity index (χ2n) is 3.59. The zero-order valence-corrected chi connectivity index (χ0v) is 12.4. The summed E-state index contributed by atoms with van der Waals surface area (Å²) in [6.45, 7) is 7.36. The number of thiocarbonyl (C=S) groups is 1. The number of nitrogens with one attached hydrogen (secondary N) is 1. The Hall–Kier alpha value is -1.14. The normalized spacial score (nSPS) is 9.94. The van der Waals surface area contributed by atoms with E-state index in [1.54, 1.807) is 18.5 Å². The maximum Gasteiger partial charge on any atom is 0.221 e. The average molecular weight is 283 g/mol. The SMILES string of the molecule is CCN(CC)C(=S)Sc1cnccc1NC(C)=O. The number of hydrogen-bond acceptors (Lipinski definition) is 4. The molecule has 0 aromatic carbocycles. The molecule has 1 amide bonds. The zero-order valence-electron chi connectivity index (χ0n) is 10.8. The van der Waals surface area contributed by atoms with E-state index in [0.717, 1.165) is 28.0 Å². The van der Waals surface area contributed by atoms with Crippen molar-refractivity contribution in [1.82, 2.24) is 9.88 Å². The molecule has 1 N–H and O–H groups in total. The Morgan fingerprint density at radius 1 is 1.50 bits per heavy atom. The lowest BCUT2D eigenvalue weighted by molar-refractivity contribution is -0.114. The lowest BCUT2D eigenvalue weighted by Gasteiger charge is -2.21. The summed E-state index contributed by atoms with van der Waals surface area (Å²) in [4.78, 5) is 18.1. The number of amides is 1. The average Bonchev–Trinajstić information content (AvgIpc) is 2.32. The van der Waals surface area contributed by atoms with Crippen molar-refractivity contribution in [2.24, 2.45) is 0 Å². The number of hydrogen-bond donors (Lipinski definition) is 1. The van der Waals surface area contributed by atoms with Gasteiger partial charge in [-0.25, -0.2) is 0 Å². The fraction of sp³-hybridized carbons (Fsp3) is 0.417. The van der Waals surface area contributed by atoms with Gasteiger partial charge in [0, 0.05) is 32.4 Å². The van der Waals surface area contributed by atoms with E-state index in [1.165, 1.54) is 18.7 Å². The molecule has 18 heavy (non-hydrogen) atoms. The Labute approximate surface area is 117 Å². The summed E-state index contributed by atoms with van der Waals surface area (Å²) in [5, 5.41) is 2.78. The van der Waals surface area contributed by atoms with E-state index in [2.05, 4.69) is 29.0 Å². The minimum atomic E-state index is -0.100. The lowest BCUT2D eigenvalue weighted by atomic mass is 10.4. The van der Waals surface area contributed by atoms with E-state index in [4.69, 9.17) is 12.2 Å². The molecule has 0 unspecified atom stereocenters. The van der Waals surface area contributed by atoms with Gasteiger partial charge < -0.3 is 10.2 Å². The Kier molecular flexibility index (Phi) is 6.07. The second kappa shape index (κ2) is 7.33. The third-order valence-corrected chi connectivity index (χ3v) is 3.80. The minimum absolute atomic E-state index is 0.100. The molecule has 1 rings (SSSR count). The molecule has 6 heteroatoms. The van der Waals surface area contributed by atoms with Gasteiger partial charge >= 0.3 is 0 Å². The summed E-state index contributed by atoms with van der Waals surface area (Å²) in [5.74, 6) is -0.100. The maximum absolute atomic E-state index is 11.1. The highest BCUT2D eigenvalue weighted by Gasteiger charge is 2.11. The number of nitrogens with zero attached hydrogens (tertiary/aromatic N) is 2. The highest BCUT2D eigenvalue weighted by atomic mass is 32.2. The first kappa shape index (κ1) is 14.9. The summed E-state index contributed by atoms with van der Waals surface area (Å²) >= 11 is 6.83. The molecule has 1 heterocycles. The molecule has 1 aromatic heterocycles. The van der Waals surface area contributed by atoms with E-state index in [1.807, 2.05) is 0 Å². The van der Waals surface area contributed by atoms with Crippen molar-refractivity contribution >= 4 is 39.9 Å². The molecule has 0 aliphatic carbocycles. The van der Waals surface area contributed by atoms with Crippen LogP contribution in [0.3, 0.4) is 0 Å². The van der Waals surface area contributed by atoms with Gasteiger partial charge in [-0.3, -0.25) is 9.78 Å². The molecule has 0 saturated carbocycles.